The van der Waals surface area contributed by atoms with Crippen LogP contribution in [0.5, 0.6) is 0 Å². The highest BCUT2D eigenvalue weighted by molar-refractivity contribution is 5.93. The number of carbonyl (C=O) groups is 1. The van der Waals surface area contributed by atoms with Crippen molar-refractivity contribution in [3.63, 3.8) is 0 Å². The molecule has 0 saturated heterocycles. The van der Waals surface area contributed by atoms with Crippen molar-refractivity contribution in [1.29, 1.82) is 5.26 Å². The van der Waals surface area contributed by atoms with Gasteiger partial charge in [-0.15, -0.1) is 0 Å². The molecule has 16 heavy (non-hydrogen) atoms. The molecular weight excluding hydrogens is 202 g/mol. The van der Waals surface area contributed by atoms with E-state index in [0.29, 0.717) is 11.1 Å². The molecule has 0 atom stereocenters. The van der Waals surface area contributed by atoms with Gasteiger partial charge in [0.25, 0.3) is 0 Å². The number of methoxy groups -OCH3 is 1. The van der Waals surface area contributed by atoms with Crippen LogP contribution in [0.15, 0.2) is 59.8 Å². The summed E-state index contributed by atoms with van der Waals surface area (Å²) in [6, 6.07) is 1.89. The number of ether oxygens (including phenoxy) is 1. The number of esters is 1. The number of carbonyl (C=O) groups excluding carboxylic acids is 1. The van der Waals surface area contributed by atoms with Crippen molar-refractivity contribution < 1.29 is 9.53 Å². The zero-order chi connectivity index (χ0) is 11.8. The fourth-order valence-corrected chi connectivity index (χ4v) is 1.19. The first-order chi connectivity index (χ1) is 7.79. The van der Waals surface area contributed by atoms with Gasteiger partial charge in [-0.1, -0.05) is 30.4 Å². The van der Waals surface area contributed by atoms with E-state index < -0.39 is 5.97 Å². The van der Waals surface area contributed by atoms with Gasteiger partial charge in [0, 0.05) is 6.08 Å². The summed E-state index contributed by atoms with van der Waals surface area (Å²) in [5.74, 6) is -0.422. The zero-order valence-corrected chi connectivity index (χ0v) is 8.88. The standard InChI is InChI=1S/C13H11NO2/c1-16-13(15)12-9-5-3-2-4-7-11(12)8-6-10-14/h2-9H,1H3/b3-2?,4-2?,5-3?,7-4?,8-6+,9-5?,11-7?,12-9?,12-11?. The van der Waals surface area contributed by atoms with E-state index in [2.05, 4.69) is 4.74 Å². The largest absolute Gasteiger partial charge is 0.465 e. The number of hydrogen-bond acceptors (Lipinski definition) is 3. The Labute approximate surface area is 94.3 Å². The summed E-state index contributed by atoms with van der Waals surface area (Å²) in [5.41, 5.74) is 1.07. The van der Waals surface area contributed by atoms with Gasteiger partial charge in [-0.05, 0) is 17.7 Å². The van der Waals surface area contributed by atoms with E-state index in [1.165, 1.54) is 13.2 Å². The summed E-state index contributed by atoms with van der Waals surface area (Å²) in [6.45, 7) is 0. The predicted molar refractivity (Wildman–Crippen MR) is 61.2 cm³/mol. The van der Waals surface area contributed by atoms with E-state index in [1.807, 2.05) is 18.2 Å². The first kappa shape index (κ1) is 11.7. The molecule has 0 bridgehead atoms. The van der Waals surface area contributed by atoms with Crippen molar-refractivity contribution >= 4 is 5.97 Å². The number of allylic oxidation sites excluding steroid dienone is 8. The van der Waals surface area contributed by atoms with Crippen LogP contribution < -0.4 is 0 Å². The van der Waals surface area contributed by atoms with Crippen LogP contribution in [0.1, 0.15) is 0 Å². The van der Waals surface area contributed by atoms with Gasteiger partial charge >= 0.3 is 5.97 Å². The number of hydrogen-bond donors (Lipinski definition) is 0. The Balaban J connectivity index is 3.20. The monoisotopic (exact) mass is 213 g/mol. The van der Waals surface area contributed by atoms with Crippen LogP contribution in [0.25, 0.3) is 0 Å². The predicted octanol–water partition coefficient (Wildman–Crippen LogP) is 2.22. The molecule has 1 aliphatic rings. The molecule has 3 heteroatoms. The maximum absolute atomic E-state index is 11.5. The molecule has 0 amide bonds. The topological polar surface area (TPSA) is 50.1 Å². The molecule has 0 N–H and O–H groups in total. The lowest BCUT2D eigenvalue weighted by atomic mass is 10.0. The third kappa shape index (κ3) is 3.10. The van der Waals surface area contributed by atoms with E-state index in [9.17, 15) is 4.79 Å². The van der Waals surface area contributed by atoms with Crippen LogP contribution >= 0.6 is 0 Å². The Hall–Kier alpha value is -2.34. The van der Waals surface area contributed by atoms with Crippen LogP contribution in [-0.2, 0) is 9.53 Å². The molecule has 0 aliphatic heterocycles. The molecule has 0 saturated carbocycles. The van der Waals surface area contributed by atoms with Gasteiger partial charge in [0.05, 0.1) is 18.8 Å². The summed E-state index contributed by atoms with van der Waals surface area (Å²) < 4.78 is 4.67. The minimum atomic E-state index is -0.422. The van der Waals surface area contributed by atoms with Crippen molar-refractivity contribution in [2.24, 2.45) is 0 Å². The van der Waals surface area contributed by atoms with Crippen LogP contribution in [0.4, 0.5) is 0 Å². The quantitative estimate of drug-likeness (QED) is 0.522. The lowest BCUT2D eigenvalue weighted by Gasteiger charge is -2.04. The smallest absolute Gasteiger partial charge is 0.338 e. The van der Waals surface area contributed by atoms with E-state index in [-0.39, 0.29) is 0 Å². The molecule has 0 aromatic carbocycles. The van der Waals surface area contributed by atoms with Crippen molar-refractivity contribution in [3.8, 4) is 6.07 Å². The Morgan fingerprint density at radius 3 is 2.62 bits per heavy atom. The Morgan fingerprint density at radius 2 is 2.00 bits per heavy atom. The summed E-state index contributed by atoms with van der Waals surface area (Å²) in [4.78, 5) is 11.5. The molecule has 80 valence electrons. The van der Waals surface area contributed by atoms with Crippen LogP contribution in [0, 0.1) is 11.3 Å². The second-order valence-corrected chi connectivity index (χ2v) is 2.93. The highest BCUT2D eigenvalue weighted by Gasteiger charge is 2.09. The number of nitriles is 1. The van der Waals surface area contributed by atoms with Gasteiger partial charge in [-0.3, -0.25) is 0 Å². The second kappa shape index (κ2) is 6.20. The maximum Gasteiger partial charge on any atom is 0.338 e. The summed E-state index contributed by atoms with van der Waals surface area (Å²) in [6.07, 6.45) is 13.5. The van der Waals surface area contributed by atoms with Crippen LogP contribution in [-0.4, -0.2) is 13.1 Å². The second-order valence-electron chi connectivity index (χ2n) is 2.93. The van der Waals surface area contributed by atoms with Crippen LogP contribution in [0.3, 0.4) is 0 Å². The number of rotatable bonds is 2. The molecular formula is C13H11NO2. The maximum atomic E-state index is 11.5. The van der Waals surface area contributed by atoms with Crippen molar-refractivity contribution in [3.05, 3.63) is 59.8 Å². The molecule has 0 heterocycles. The van der Waals surface area contributed by atoms with E-state index in [1.54, 1.807) is 30.4 Å². The highest BCUT2D eigenvalue weighted by Crippen LogP contribution is 2.13. The normalized spacial score (nSPS) is 14.8. The molecule has 0 fully saturated rings. The molecule has 0 aromatic heterocycles. The molecule has 1 rings (SSSR count). The van der Waals surface area contributed by atoms with Gasteiger partial charge in [0.1, 0.15) is 0 Å². The van der Waals surface area contributed by atoms with Gasteiger partial charge in [0.2, 0.25) is 0 Å². The van der Waals surface area contributed by atoms with E-state index >= 15 is 0 Å². The SMILES string of the molecule is COC(=O)C1=C(/C=C/C#N)C=CC=CC=C1. The first-order valence-corrected chi connectivity index (χ1v) is 4.69. The molecule has 0 radical (unpaired) electrons. The average Bonchev–Trinajstić information content (AvgIpc) is 2.27. The summed E-state index contributed by atoms with van der Waals surface area (Å²) in [5, 5.41) is 8.47. The van der Waals surface area contributed by atoms with Gasteiger partial charge < -0.3 is 4.74 Å². The fraction of sp³-hybridized carbons (Fsp3) is 0.0769. The molecule has 3 nitrogen and oxygen atoms in total. The highest BCUT2D eigenvalue weighted by atomic mass is 16.5. The van der Waals surface area contributed by atoms with Crippen molar-refractivity contribution in [2.45, 2.75) is 0 Å². The Morgan fingerprint density at radius 1 is 1.31 bits per heavy atom. The average molecular weight is 213 g/mol. The first-order valence-electron chi connectivity index (χ1n) is 4.69. The van der Waals surface area contributed by atoms with Crippen LogP contribution in [0.2, 0.25) is 0 Å². The lowest BCUT2D eigenvalue weighted by Crippen LogP contribution is -2.05. The van der Waals surface area contributed by atoms with E-state index in [4.69, 9.17) is 5.26 Å². The lowest BCUT2D eigenvalue weighted by molar-refractivity contribution is -0.135. The van der Waals surface area contributed by atoms with Crippen molar-refractivity contribution in [2.75, 3.05) is 7.11 Å². The third-order valence-corrected chi connectivity index (χ3v) is 1.93. The summed E-state index contributed by atoms with van der Waals surface area (Å²) >= 11 is 0. The molecule has 0 aromatic rings. The third-order valence-electron chi connectivity index (χ3n) is 1.93. The minimum Gasteiger partial charge on any atom is -0.465 e. The minimum absolute atomic E-state index is 0.422. The molecule has 0 spiro atoms. The zero-order valence-electron chi connectivity index (χ0n) is 8.88. The Kier molecular flexibility index (Phi) is 4.55. The Bertz CT molecular complexity index is 457. The summed E-state index contributed by atoms with van der Waals surface area (Å²) in [7, 11) is 1.33. The van der Waals surface area contributed by atoms with Gasteiger partial charge in [-0.2, -0.15) is 5.26 Å². The van der Waals surface area contributed by atoms with E-state index in [0.717, 1.165) is 0 Å². The van der Waals surface area contributed by atoms with Crippen molar-refractivity contribution in [1.82, 2.24) is 0 Å². The molecule has 0 unspecified atom stereocenters. The fourth-order valence-electron chi connectivity index (χ4n) is 1.19. The molecule has 1 aliphatic carbocycles. The van der Waals surface area contributed by atoms with Gasteiger partial charge in [-0.25, -0.2) is 4.79 Å². The number of nitrogens with zero attached hydrogens (tertiary/aromatic N) is 1. The van der Waals surface area contributed by atoms with Gasteiger partial charge in [0.15, 0.2) is 0 Å².